The van der Waals surface area contributed by atoms with E-state index in [-0.39, 0.29) is 11.8 Å². The van der Waals surface area contributed by atoms with Gasteiger partial charge in [0.15, 0.2) is 0 Å². The number of likely N-dealkylation sites (tertiary alicyclic amines) is 1. The minimum atomic E-state index is -0.748. The molecule has 1 rings (SSSR count). The molecule has 0 aromatic heterocycles. The number of hydrogen-bond acceptors (Lipinski definition) is 4. The van der Waals surface area contributed by atoms with Gasteiger partial charge in [-0.3, -0.25) is 9.59 Å². The van der Waals surface area contributed by atoms with E-state index < -0.39 is 5.97 Å². The van der Waals surface area contributed by atoms with Gasteiger partial charge in [-0.2, -0.15) is 0 Å². The summed E-state index contributed by atoms with van der Waals surface area (Å²) in [4.78, 5) is 24.5. The topological polar surface area (TPSA) is 78.9 Å². The average molecular weight is 300 g/mol. The number of piperidine rings is 1. The lowest BCUT2D eigenvalue weighted by Crippen LogP contribution is -2.44. The second-order valence-corrected chi connectivity index (χ2v) is 5.99. The number of aliphatic carboxylic acids is 1. The highest BCUT2D eigenvalue weighted by molar-refractivity contribution is 5.78. The van der Waals surface area contributed by atoms with E-state index in [2.05, 4.69) is 19.2 Å². The van der Waals surface area contributed by atoms with E-state index in [1.54, 1.807) is 4.90 Å². The summed E-state index contributed by atoms with van der Waals surface area (Å²) in [6.45, 7) is 7.90. The smallest absolute Gasteiger partial charge is 0.306 e. The minimum absolute atomic E-state index is 0.0573. The van der Waals surface area contributed by atoms with Crippen LogP contribution in [0.1, 0.15) is 33.1 Å². The first-order valence-corrected chi connectivity index (χ1v) is 7.79. The molecule has 0 aromatic rings. The molecule has 122 valence electrons. The maximum absolute atomic E-state index is 11.9. The van der Waals surface area contributed by atoms with Crippen LogP contribution in [0, 0.1) is 11.8 Å². The van der Waals surface area contributed by atoms with Gasteiger partial charge in [-0.15, -0.1) is 0 Å². The van der Waals surface area contributed by atoms with Crippen molar-refractivity contribution in [1.82, 2.24) is 10.2 Å². The zero-order valence-corrected chi connectivity index (χ0v) is 13.1. The van der Waals surface area contributed by atoms with Crippen molar-refractivity contribution in [3.8, 4) is 0 Å². The van der Waals surface area contributed by atoms with E-state index in [1.165, 1.54) is 0 Å². The van der Waals surface area contributed by atoms with Crippen molar-refractivity contribution in [2.24, 2.45) is 11.8 Å². The Morgan fingerprint density at radius 1 is 1.33 bits per heavy atom. The molecule has 1 heterocycles. The molecule has 0 radical (unpaired) electrons. The van der Waals surface area contributed by atoms with Crippen LogP contribution in [-0.4, -0.2) is 61.3 Å². The molecular weight excluding hydrogens is 272 g/mol. The van der Waals surface area contributed by atoms with Crippen LogP contribution in [0.4, 0.5) is 0 Å². The van der Waals surface area contributed by atoms with Crippen molar-refractivity contribution >= 4 is 11.9 Å². The second kappa shape index (κ2) is 9.73. The van der Waals surface area contributed by atoms with Crippen LogP contribution in [0.5, 0.6) is 0 Å². The monoisotopic (exact) mass is 300 g/mol. The minimum Gasteiger partial charge on any atom is -0.481 e. The summed E-state index contributed by atoms with van der Waals surface area (Å²) in [5.74, 6) is -0.433. The Bertz CT molecular complexity index is 326. The molecule has 1 aliphatic rings. The number of nitrogens with zero attached hydrogens (tertiary/aromatic N) is 1. The van der Waals surface area contributed by atoms with E-state index in [0.717, 1.165) is 19.6 Å². The van der Waals surface area contributed by atoms with Crippen LogP contribution in [0.2, 0.25) is 0 Å². The maximum atomic E-state index is 11.9. The number of nitrogens with one attached hydrogen (secondary N) is 1. The van der Waals surface area contributed by atoms with E-state index in [0.29, 0.717) is 45.0 Å². The molecule has 2 N–H and O–H groups in total. The van der Waals surface area contributed by atoms with Crippen molar-refractivity contribution in [1.29, 1.82) is 0 Å². The van der Waals surface area contributed by atoms with Gasteiger partial charge in [-0.1, -0.05) is 13.8 Å². The lowest BCUT2D eigenvalue weighted by molar-refractivity contribution is -0.145. The third kappa shape index (κ3) is 7.43. The van der Waals surface area contributed by atoms with Gasteiger partial charge in [0.1, 0.15) is 0 Å². The van der Waals surface area contributed by atoms with Crippen LogP contribution in [0.25, 0.3) is 0 Å². The van der Waals surface area contributed by atoms with Gasteiger partial charge in [-0.05, 0) is 31.7 Å². The zero-order chi connectivity index (χ0) is 15.7. The van der Waals surface area contributed by atoms with Crippen molar-refractivity contribution in [2.75, 3.05) is 39.4 Å². The van der Waals surface area contributed by atoms with Gasteiger partial charge >= 0.3 is 5.97 Å². The summed E-state index contributed by atoms with van der Waals surface area (Å²) in [5.41, 5.74) is 0. The summed E-state index contributed by atoms with van der Waals surface area (Å²) in [6, 6.07) is 0. The Morgan fingerprint density at radius 3 is 2.57 bits per heavy atom. The van der Waals surface area contributed by atoms with Gasteiger partial charge in [-0.25, -0.2) is 0 Å². The number of carboxylic acids is 1. The molecule has 0 unspecified atom stereocenters. The zero-order valence-electron chi connectivity index (χ0n) is 13.1. The molecule has 0 saturated carbocycles. The lowest BCUT2D eigenvalue weighted by Gasteiger charge is -2.30. The number of amides is 1. The summed E-state index contributed by atoms with van der Waals surface area (Å²) < 4.78 is 5.46. The highest BCUT2D eigenvalue weighted by atomic mass is 16.5. The molecule has 0 spiro atoms. The van der Waals surface area contributed by atoms with Crippen molar-refractivity contribution in [2.45, 2.75) is 33.1 Å². The van der Waals surface area contributed by atoms with Crippen LogP contribution in [0.3, 0.4) is 0 Å². The molecule has 0 aromatic carbocycles. The van der Waals surface area contributed by atoms with Gasteiger partial charge < -0.3 is 20.1 Å². The van der Waals surface area contributed by atoms with Crippen LogP contribution in [0.15, 0.2) is 0 Å². The Kier molecular flexibility index (Phi) is 8.30. The van der Waals surface area contributed by atoms with Crippen LogP contribution >= 0.6 is 0 Å². The van der Waals surface area contributed by atoms with Gasteiger partial charge in [0.2, 0.25) is 5.91 Å². The van der Waals surface area contributed by atoms with Crippen LogP contribution in [-0.2, 0) is 14.3 Å². The molecule has 21 heavy (non-hydrogen) atoms. The average Bonchev–Trinajstić information content (AvgIpc) is 2.45. The molecule has 6 nitrogen and oxygen atoms in total. The lowest BCUT2D eigenvalue weighted by atomic mass is 9.97. The van der Waals surface area contributed by atoms with Crippen molar-refractivity contribution in [3.63, 3.8) is 0 Å². The molecule has 1 fully saturated rings. The van der Waals surface area contributed by atoms with Crippen molar-refractivity contribution < 1.29 is 19.4 Å². The first-order chi connectivity index (χ1) is 10.0. The molecule has 1 saturated heterocycles. The van der Waals surface area contributed by atoms with E-state index in [9.17, 15) is 9.59 Å². The largest absolute Gasteiger partial charge is 0.481 e. The van der Waals surface area contributed by atoms with E-state index in [4.69, 9.17) is 9.84 Å². The Balaban J connectivity index is 2.03. The van der Waals surface area contributed by atoms with Crippen LogP contribution < -0.4 is 5.32 Å². The highest BCUT2D eigenvalue weighted by Crippen LogP contribution is 2.16. The molecule has 6 heteroatoms. The number of carboxylic acid groups (broad SMARTS) is 1. The molecule has 0 atom stereocenters. The standard InChI is InChI=1S/C15H28N2O4/c1-12(2)11-21-9-3-6-16-10-14(18)17-7-4-13(5-8-17)15(19)20/h12-13,16H,3-11H2,1-2H3,(H,19,20). The summed E-state index contributed by atoms with van der Waals surface area (Å²) in [6.07, 6.45) is 2.01. The molecule has 1 aliphatic heterocycles. The van der Waals surface area contributed by atoms with Gasteiger partial charge in [0.25, 0.3) is 0 Å². The fourth-order valence-corrected chi connectivity index (χ4v) is 2.30. The normalized spacial score (nSPS) is 16.4. The Labute approximate surface area is 126 Å². The number of carbonyl (C=O) groups is 2. The SMILES string of the molecule is CC(C)COCCCNCC(=O)N1CCC(C(=O)O)CC1. The molecular formula is C15H28N2O4. The fourth-order valence-electron chi connectivity index (χ4n) is 2.30. The van der Waals surface area contributed by atoms with Gasteiger partial charge in [0.05, 0.1) is 12.5 Å². The highest BCUT2D eigenvalue weighted by Gasteiger charge is 2.26. The summed E-state index contributed by atoms with van der Waals surface area (Å²) in [5, 5.41) is 12.0. The Morgan fingerprint density at radius 2 is 2.00 bits per heavy atom. The molecule has 0 bridgehead atoms. The Hall–Kier alpha value is -1.14. The summed E-state index contributed by atoms with van der Waals surface area (Å²) >= 11 is 0. The third-order valence-corrected chi connectivity index (χ3v) is 3.57. The predicted molar refractivity (Wildman–Crippen MR) is 80.1 cm³/mol. The number of carbonyl (C=O) groups excluding carboxylic acids is 1. The fraction of sp³-hybridized carbons (Fsp3) is 0.867. The van der Waals surface area contributed by atoms with Gasteiger partial charge in [0, 0.05) is 26.3 Å². The predicted octanol–water partition coefficient (Wildman–Crippen LogP) is 0.962. The summed E-state index contributed by atoms with van der Waals surface area (Å²) in [7, 11) is 0. The molecule has 1 amide bonds. The third-order valence-electron chi connectivity index (χ3n) is 3.57. The first-order valence-electron chi connectivity index (χ1n) is 7.79. The quantitative estimate of drug-likeness (QED) is 0.620. The molecule has 0 aliphatic carbocycles. The van der Waals surface area contributed by atoms with E-state index >= 15 is 0 Å². The number of ether oxygens (including phenoxy) is 1. The van der Waals surface area contributed by atoms with Crippen molar-refractivity contribution in [3.05, 3.63) is 0 Å². The number of hydrogen-bond donors (Lipinski definition) is 2. The second-order valence-electron chi connectivity index (χ2n) is 5.99. The number of rotatable bonds is 9. The first kappa shape index (κ1) is 17.9. The van der Waals surface area contributed by atoms with E-state index in [1.807, 2.05) is 0 Å². The maximum Gasteiger partial charge on any atom is 0.306 e.